The Morgan fingerprint density at radius 3 is 2.72 bits per heavy atom. The van der Waals surface area contributed by atoms with Gasteiger partial charge in [0, 0.05) is 18.7 Å². The van der Waals surface area contributed by atoms with E-state index in [1.54, 1.807) is 37.4 Å². The second kappa shape index (κ2) is 8.83. The Morgan fingerprint density at radius 1 is 1.25 bits per heavy atom. The van der Waals surface area contributed by atoms with Crippen LogP contribution in [-0.4, -0.2) is 47.6 Å². The first-order valence-corrected chi connectivity index (χ1v) is 9.80. The number of nitrogens with zero attached hydrogens (tertiary/aromatic N) is 3. The average Bonchev–Trinajstić information content (AvgIpc) is 3.42. The second-order valence-corrected chi connectivity index (χ2v) is 7.15. The van der Waals surface area contributed by atoms with Gasteiger partial charge in [0.25, 0.3) is 5.89 Å². The zero-order valence-electron chi connectivity index (χ0n) is 16.6. The summed E-state index contributed by atoms with van der Waals surface area (Å²) < 4.78 is 54.6. The van der Waals surface area contributed by atoms with Crippen molar-refractivity contribution in [2.75, 3.05) is 25.0 Å². The lowest BCUT2D eigenvalue weighted by Crippen LogP contribution is -2.39. The van der Waals surface area contributed by atoms with E-state index in [0.29, 0.717) is 16.7 Å². The third-order valence-corrected chi connectivity index (χ3v) is 5.04. The third-order valence-electron chi connectivity index (χ3n) is 4.69. The van der Waals surface area contributed by atoms with Crippen molar-refractivity contribution in [2.45, 2.75) is 6.10 Å². The number of nitrogens with one attached hydrogen (secondary N) is 2. The summed E-state index contributed by atoms with van der Waals surface area (Å²) in [5.41, 5.74) is -0.876. The van der Waals surface area contributed by atoms with Crippen molar-refractivity contribution in [1.29, 1.82) is 0 Å². The number of thiocarbonyl (C=S) groups is 1. The number of rotatable bonds is 5. The van der Waals surface area contributed by atoms with Crippen molar-refractivity contribution >= 4 is 29.1 Å². The fraction of sp³-hybridized carbons (Fsp3) is 0.200. The molecule has 1 atom stereocenters. The predicted molar refractivity (Wildman–Crippen MR) is 112 cm³/mol. The summed E-state index contributed by atoms with van der Waals surface area (Å²) in [6.07, 6.45) is -1.65. The number of carbonyl (C=O) groups is 1. The number of cyclic esters (lactones) is 1. The number of aromatic nitrogens is 2. The molecule has 4 rings (SSSR count). The molecule has 1 aliphatic rings. The number of halogens is 3. The Balaban J connectivity index is 1.61. The smallest absolute Gasteiger partial charge is 0.414 e. The van der Waals surface area contributed by atoms with Crippen molar-refractivity contribution in [1.82, 2.24) is 20.8 Å². The van der Waals surface area contributed by atoms with E-state index < -0.39 is 46.8 Å². The molecule has 1 amide bonds. The van der Waals surface area contributed by atoms with Crippen LogP contribution in [0, 0.1) is 17.5 Å². The van der Waals surface area contributed by atoms with E-state index in [0.717, 1.165) is 4.90 Å². The lowest BCUT2D eigenvalue weighted by atomic mass is 10.1. The minimum absolute atomic E-state index is 0.0850. The Morgan fingerprint density at radius 2 is 2.00 bits per heavy atom. The van der Waals surface area contributed by atoms with Gasteiger partial charge in [0.15, 0.2) is 16.7 Å². The highest BCUT2D eigenvalue weighted by molar-refractivity contribution is 7.80. The van der Waals surface area contributed by atoms with E-state index in [2.05, 4.69) is 20.8 Å². The van der Waals surface area contributed by atoms with Crippen molar-refractivity contribution in [3.05, 3.63) is 53.8 Å². The maximum atomic E-state index is 14.9. The highest BCUT2D eigenvalue weighted by Gasteiger charge is 2.36. The quantitative estimate of drug-likeness (QED) is 0.440. The van der Waals surface area contributed by atoms with Crippen LogP contribution in [-0.2, 0) is 4.74 Å². The van der Waals surface area contributed by atoms with Crippen LogP contribution >= 0.6 is 12.2 Å². The topological polar surface area (TPSA) is 92.5 Å². The van der Waals surface area contributed by atoms with Crippen molar-refractivity contribution < 1.29 is 27.2 Å². The van der Waals surface area contributed by atoms with Gasteiger partial charge in [0.1, 0.15) is 17.5 Å². The molecule has 3 aromatic rings. The van der Waals surface area contributed by atoms with Crippen LogP contribution in [0.3, 0.4) is 0 Å². The molecule has 166 valence electrons. The van der Waals surface area contributed by atoms with E-state index in [-0.39, 0.29) is 18.9 Å². The number of ether oxygens (including phenoxy) is 1. The number of hydrogen-bond acceptors (Lipinski definition) is 6. The molecule has 0 bridgehead atoms. The molecule has 0 radical (unpaired) electrons. The molecule has 8 nitrogen and oxygen atoms in total. The molecule has 32 heavy (non-hydrogen) atoms. The molecule has 1 aliphatic heterocycles. The van der Waals surface area contributed by atoms with Gasteiger partial charge >= 0.3 is 6.09 Å². The summed E-state index contributed by atoms with van der Waals surface area (Å²) in [7, 11) is 1.61. The molecule has 2 aromatic carbocycles. The average molecular weight is 463 g/mol. The molecule has 2 N–H and O–H groups in total. The van der Waals surface area contributed by atoms with Gasteiger partial charge in [-0.15, -0.1) is 0 Å². The number of carbonyl (C=O) groups excluding carboxylic acids is 1. The fourth-order valence-corrected chi connectivity index (χ4v) is 3.21. The Bertz CT molecular complexity index is 1170. The minimum atomic E-state index is -1.56. The number of amides is 1. The summed E-state index contributed by atoms with van der Waals surface area (Å²) in [6.45, 7) is 0.00283. The minimum Gasteiger partial charge on any atom is -0.442 e. The Labute approximate surface area is 185 Å². The van der Waals surface area contributed by atoms with Gasteiger partial charge in [-0.1, -0.05) is 35.5 Å². The van der Waals surface area contributed by atoms with Crippen LogP contribution in [0.1, 0.15) is 0 Å². The highest BCUT2D eigenvalue weighted by atomic mass is 32.1. The Hall–Kier alpha value is -3.67. The monoisotopic (exact) mass is 463 g/mol. The first-order valence-electron chi connectivity index (χ1n) is 9.39. The van der Waals surface area contributed by atoms with Crippen LogP contribution < -0.4 is 15.5 Å². The molecular formula is C20H16F3N5O3S. The molecule has 0 spiro atoms. The van der Waals surface area contributed by atoms with E-state index in [9.17, 15) is 18.0 Å². The number of hydrogen-bond donors (Lipinski definition) is 2. The van der Waals surface area contributed by atoms with Gasteiger partial charge in [-0.25, -0.2) is 18.0 Å². The van der Waals surface area contributed by atoms with Crippen molar-refractivity contribution in [3.8, 4) is 22.8 Å². The van der Waals surface area contributed by atoms with Gasteiger partial charge < -0.3 is 19.9 Å². The largest absolute Gasteiger partial charge is 0.442 e. The van der Waals surface area contributed by atoms with E-state index in [1.165, 1.54) is 0 Å². The maximum absolute atomic E-state index is 14.9. The molecule has 0 saturated carbocycles. The van der Waals surface area contributed by atoms with Gasteiger partial charge in [0.2, 0.25) is 5.82 Å². The molecule has 2 heterocycles. The second-order valence-electron chi connectivity index (χ2n) is 6.75. The molecule has 0 aliphatic carbocycles. The van der Waals surface area contributed by atoms with E-state index in [4.69, 9.17) is 21.5 Å². The summed E-state index contributed by atoms with van der Waals surface area (Å²) in [5.74, 6) is -4.63. The molecule has 1 aromatic heterocycles. The van der Waals surface area contributed by atoms with Crippen LogP contribution in [0.4, 0.5) is 23.7 Å². The number of anilines is 1. The fourth-order valence-electron chi connectivity index (χ4n) is 3.12. The normalized spacial score (nSPS) is 15.6. The van der Waals surface area contributed by atoms with Crippen molar-refractivity contribution in [3.63, 3.8) is 0 Å². The van der Waals surface area contributed by atoms with Crippen LogP contribution in [0.2, 0.25) is 0 Å². The molecular weight excluding hydrogens is 447 g/mol. The van der Waals surface area contributed by atoms with Gasteiger partial charge in [-0.05, 0) is 12.2 Å². The van der Waals surface area contributed by atoms with Crippen molar-refractivity contribution in [2.24, 2.45) is 0 Å². The van der Waals surface area contributed by atoms with E-state index >= 15 is 0 Å². The third kappa shape index (κ3) is 4.08. The molecule has 1 saturated heterocycles. The van der Waals surface area contributed by atoms with Gasteiger partial charge in [-0.2, -0.15) is 4.98 Å². The first-order chi connectivity index (χ1) is 15.4. The number of benzene rings is 2. The zero-order valence-corrected chi connectivity index (χ0v) is 17.4. The molecule has 1 unspecified atom stereocenters. The van der Waals surface area contributed by atoms with E-state index in [1.807, 2.05) is 0 Å². The first kappa shape index (κ1) is 21.6. The maximum Gasteiger partial charge on any atom is 0.414 e. The lowest BCUT2D eigenvalue weighted by molar-refractivity contribution is 0.142. The molecule has 12 heteroatoms. The van der Waals surface area contributed by atoms with Gasteiger partial charge in [0.05, 0.1) is 18.8 Å². The standard InChI is InChI=1S/C20H16F3N5O3S/c1-24-19(32)25-8-11-9-28(20(29)30-11)13-7-12(21)14(16(23)15(13)22)18-26-17(27-31-18)10-5-3-2-4-6-10/h2-7,11H,8-9H2,1H3,(H2,24,25,32). The Kier molecular flexibility index (Phi) is 5.95. The lowest BCUT2D eigenvalue weighted by Gasteiger charge is -2.16. The van der Waals surface area contributed by atoms with Crippen LogP contribution in [0.25, 0.3) is 22.8 Å². The van der Waals surface area contributed by atoms with Gasteiger partial charge in [-0.3, -0.25) is 4.90 Å². The molecule has 1 fully saturated rings. The van der Waals surface area contributed by atoms with Crippen LogP contribution in [0.5, 0.6) is 0 Å². The van der Waals surface area contributed by atoms with Crippen LogP contribution in [0.15, 0.2) is 40.9 Å². The summed E-state index contributed by atoms with van der Waals surface area (Å²) in [6, 6.07) is 9.28. The predicted octanol–water partition coefficient (Wildman–Crippen LogP) is 3.24. The highest BCUT2D eigenvalue weighted by Crippen LogP contribution is 2.35. The SMILES string of the molecule is CNC(=S)NCC1CN(c2cc(F)c(-c3nc(-c4ccccc4)no3)c(F)c2F)C(=O)O1. The zero-order chi connectivity index (χ0) is 22.8. The summed E-state index contributed by atoms with van der Waals surface area (Å²) in [4.78, 5) is 16.9. The summed E-state index contributed by atoms with van der Waals surface area (Å²) >= 11 is 4.94. The summed E-state index contributed by atoms with van der Waals surface area (Å²) in [5, 5.41) is 9.50.